The number of fused-ring (bicyclic) bond motifs is 1. The van der Waals surface area contributed by atoms with Crippen molar-refractivity contribution in [2.75, 3.05) is 36.0 Å². The van der Waals surface area contributed by atoms with E-state index in [1.165, 1.54) is 38.1 Å². The molecule has 182 valence electrons. The van der Waals surface area contributed by atoms with Gasteiger partial charge in [0.15, 0.2) is 11.6 Å². The number of nitrogens with zero attached hydrogens (tertiary/aromatic N) is 1. The third-order valence-corrected chi connectivity index (χ3v) is 7.49. The van der Waals surface area contributed by atoms with Crippen molar-refractivity contribution >= 4 is 30.5 Å². The number of anilines is 2. The summed E-state index contributed by atoms with van der Waals surface area (Å²) in [6.45, 7) is 4.11. The second-order valence-corrected chi connectivity index (χ2v) is 10.4. The van der Waals surface area contributed by atoms with Crippen molar-refractivity contribution in [3.8, 4) is 11.5 Å². The zero-order valence-electron chi connectivity index (χ0n) is 19.4. The van der Waals surface area contributed by atoms with Crippen LogP contribution in [0.3, 0.4) is 0 Å². The topological polar surface area (TPSA) is 119 Å². The van der Waals surface area contributed by atoms with E-state index >= 15 is 0 Å². The maximum Gasteiger partial charge on any atom is 0.432 e. The molecular formula is C25H25N2O7P. The molecule has 0 aromatic heterocycles. The highest BCUT2D eigenvalue weighted by Gasteiger charge is 2.33. The van der Waals surface area contributed by atoms with Gasteiger partial charge in [-0.05, 0) is 68.8 Å². The monoisotopic (exact) mass is 496 g/mol. The van der Waals surface area contributed by atoms with Gasteiger partial charge in [0.1, 0.15) is 22.9 Å². The lowest BCUT2D eigenvalue weighted by molar-refractivity contribution is 0.100. The summed E-state index contributed by atoms with van der Waals surface area (Å²) in [5, 5.41) is 2.98. The number of hydrogen-bond donors (Lipinski definition) is 1. The Balaban J connectivity index is 1.58. The standard InChI is InChI=1S/C25H25N2O7P/c1-16(28)18-4-8-20(9-5-18)33-35(32,34-21-10-6-19(7-11-21)17(2)29)15-14-27-13-3-12-26-22-23(27)25(31)24(22)30/h4-11,26H,3,12-15H2,1-2H3. The number of benzene rings is 2. The van der Waals surface area contributed by atoms with Crippen LogP contribution in [0.5, 0.6) is 11.5 Å². The summed E-state index contributed by atoms with van der Waals surface area (Å²) in [7, 11) is -3.83. The summed E-state index contributed by atoms with van der Waals surface area (Å²) in [5.41, 5.74) is 0.458. The molecule has 0 unspecified atom stereocenters. The van der Waals surface area contributed by atoms with Crippen LogP contribution in [0.2, 0.25) is 0 Å². The molecule has 3 aromatic rings. The molecule has 3 aromatic carbocycles. The molecule has 1 heterocycles. The van der Waals surface area contributed by atoms with E-state index in [2.05, 4.69) is 5.32 Å². The summed E-state index contributed by atoms with van der Waals surface area (Å²) in [6.07, 6.45) is 0.618. The molecule has 0 fully saturated rings. The van der Waals surface area contributed by atoms with Gasteiger partial charge in [-0.1, -0.05) is 0 Å². The molecule has 0 saturated heterocycles. The van der Waals surface area contributed by atoms with Gasteiger partial charge in [0.2, 0.25) is 0 Å². The zero-order valence-corrected chi connectivity index (χ0v) is 20.3. The van der Waals surface area contributed by atoms with Crippen molar-refractivity contribution in [3.63, 3.8) is 0 Å². The quantitative estimate of drug-likeness (QED) is 0.269. The molecule has 35 heavy (non-hydrogen) atoms. The van der Waals surface area contributed by atoms with E-state index in [0.29, 0.717) is 42.0 Å². The fraction of sp³-hybridized carbons (Fsp3) is 0.280. The largest absolute Gasteiger partial charge is 0.432 e. The molecule has 0 radical (unpaired) electrons. The van der Waals surface area contributed by atoms with Crippen molar-refractivity contribution in [2.24, 2.45) is 0 Å². The van der Waals surface area contributed by atoms with E-state index in [9.17, 15) is 23.7 Å². The minimum absolute atomic E-state index is 0.0752. The van der Waals surface area contributed by atoms with Gasteiger partial charge in [0.05, 0.1) is 6.16 Å². The highest BCUT2D eigenvalue weighted by Crippen LogP contribution is 2.48. The van der Waals surface area contributed by atoms with Crippen LogP contribution in [0.4, 0.5) is 11.4 Å². The SMILES string of the molecule is CC(=O)c1ccc(OP(=O)(CCN2CCCNc3c2c(=O)c3=O)Oc2ccc(C(C)=O)cc2)cc1. The van der Waals surface area contributed by atoms with Gasteiger partial charge in [-0.3, -0.25) is 19.2 Å². The highest BCUT2D eigenvalue weighted by molar-refractivity contribution is 7.54. The van der Waals surface area contributed by atoms with Crippen molar-refractivity contribution in [3.05, 3.63) is 80.1 Å². The average molecular weight is 496 g/mol. The molecule has 0 saturated carbocycles. The molecule has 1 aliphatic rings. The lowest BCUT2D eigenvalue weighted by atomic mass is 10.1. The first kappa shape index (κ1) is 24.4. The normalized spacial score (nSPS) is 13.5. The molecule has 0 atom stereocenters. The first-order chi connectivity index (χ1) is 16.7. The summed E-state index contributed by atoms with van der Waals surface area (Å²) < 4.78 is 25.5. The lowest BCUT2D eigenvalue weighted by Gasteiger charge is -2.27. The molecule has 10 heteroatoms. The smallest absolute Gasteiger partial charge is 0.416 e. The Hall–Kier alpha value is -3.71. The summed E-state index contributed by atoms with van der Waals surface area (Å²) in [5.74, 6) is 0.289. The number of carbonyl (C=O) groups is 2. The van der Waals surface area contributed by atoms with Crippen LogP contribution >= 0.6 is 7.60 Å². The van der Waals surface area contributed by atoms with Gasteiger partial charge in [0, 0.05) is 30.8 Å². The molecule has 4 rings (SSSR count). The summed E-state index contributed by atoms with van der Waals surface area (Å²) >= 11 is 0. The highest BCUT2D eigenvalue weighted by atomic mass is 31.2. The van der Waals surface area contributed by atoms with E-state index in [1.54, 1.807) is 29.2 Å². The molecule has 9 nitrogen and oxygen atoms in total. The Labute approximate surface area is 201 Å². The second kappa shape index (κ2) is 9.88. The fourth-order valence-electron chi connectivity index (χ4n) is 3.84. The third-order valence-electron chi connectivity index (χ3n) is 5.76. The first-order valence-electron chi connectivity index (χ1n) is 11.2. The molecule has 1 aliphatic heterocycles. The summed E-state index contributed by atoms with van der Waals surface area (Å²) in [6, 6.07) is 12.4. The number of ketones is 2. The zero-order chi connectivity index (χ0) is 25.2. The van der Waals surface area contributed by atoms with Gasteiger partial charge in [-0.2, -0.15) is 0 Å². The van der Waals surface area contributed by atoms with Gasteiger partial charge < -0.3 is 19.3 Å². The number of Topliss-reactive ketones (excluding diaryl/α,β-unsaturated/α-hetero) is 2. The molecule has 0 bridgehead atoms. The minimum atomic E-state index is -3.83. The van der Waals surface area contributed by atoms with Crippen LogP contribution in [0, 0.1) is 0 Å². The minimum Gasteiger partial charge on any atom is -0.416 e. The number of nitrogens with one attached hydrogen (secondary N) is 1. The van der Waals surface area contributed by atoms with Crippen molar-refractivity contribution in [1.82, 2.24) is 0 Å². The maximum atomic E-state index is 13.9. The predicted molar refractivity (Wildman–Crippen MR) is 133 cm³/mol. The Bertz CT molecular complexity index is 1310. The van der Waals surface area contributed by atoms with Crippen LogP contribution in [0.25, 0.3) is 0 Å². The van der Waals surface area contributed by atoms with Crippen LogP contribution in [-0.2, 0) is 4.57 Å². The number of carbonyl (C=O) groups excluding carboxylic acids is 2. The van der Waals surface area contributed by atoms with Crippen molar-refractivity contribution in [1.29, 1.82) is 0 Å². The van der Waals surface area contributed by atoms with E-state index < -0.39 is 18.5 Å². The average Bonchev–Trinajstić information content (AvgIpc) is 3.03. The number of rotatable bonds is 9. The van der Waals surface area contributed by atoms with Gasteiger partial charge in [-0.15, -0.1) is 0 Å². The molecular weight excluding hydrogens is 471 g/mol. The summed E-state index contributed by atoms with van der Waals surface area (Å²) in [4.78, 5) is 48.9. The van der Waals surface area contributed by atoms with E-state index in [-0.39, 0.29) is 35.8 Å². The Morgan fingerprint density at radius 3 is 1.89 bits per heavy atom. The van der Waals surface area contributed by atoms with Crippen molar-refractivity contribution in [2.45, 2.75) is 20.3 Å². The van der Waals surface area contributed by atoms with Crippen LogP contribution in [-0.4, -0.2) is 37.4 Å². The fourth-order valence-corrected chi connectivity index (χ4v) is 5.43. The van der Waals surface area contributed by atoms with E-state index in [1.807, 2.05) is 0 Å². The van der Waals surface area contributed by atoms with Crippen LogP contribution in [0.15, 0.2) is 58.1 Å². The van der Waals surface area contributed by atoms with E-state index in [4.69, 9.17) is 9.05 Å². The lowest BCUT2D eigenvalue weighted by Crippen LogP contribution is -2.42. The van der Waals surface area contributed by atoms with Crippen LogP contribution < -0.4 is 30.1 Å². The van der Waals surface area contributed by atoms with Gasteiger partial charge >= 0.3 is 7.60 Å². The van der Waals surface area contributed by atoms with Crippen molar-refractivity contribution < 1.29 is 23.2 Å². The molecule has 0 spiro atoms. The third kappa shape index (κ3) is 5.35. The maximum absolute atomic E-state index is 13.9. The Morgan fingerprint density at radius 1 is 0.886 bits per heavy atom. The predicted octanol–water partition coefficient (Wildman–Crippen LogP) is 3.66. The van der Waals surface area contributed by atoms with E-state index in [0.717, 1.165) is 0 Å². The number of hydrogen-bond acceptors (Lipinski definition) is 9. The first-order valence-corrected chi connectivity index (χ1v) is 12.9. The Kier molecular flexibility index (Phi) is 6.89. The second-order valence-electron chi connectivity index (χ2n) is 8.33. The van der Waals surface area contributed by atoms with Gasteiger partial charge in [-0.25, -0.2) is 4.57 Å². The molecule has 1 N–H and O–H groups in total. The Morgan fingerprint density at radius 2 is 1.40 bits per heavy atom. The van der Waals surface area contributed by atoms with Gasteiger partial charge in [0.25, 0.3) is 10.9 Å². The molecule has 0 amide bonds. The van der Waals surface area contributed by atoms with Crippen LogP contribution in [0.1, 0.15) is 41.0 Å². The molecule has 0 aliphatic carbocycles.